The van der Waals surface area contributed by atoms with Gasteiger partial charge in [0, 0.05) is 24.0 Å². The van der Waals surface area contributed by atoms with Gasteiger partial charge in [-0.05, 0) is 30.9 Å². The molecule has 1 aromatic heterocycles. The zero-order valence-corrected chi connectivity index (χ0v) is 16.1. The molecule has 0 bridgehead atoms. The van der Waals surface area contributed by atoms with Crippen molar-refractivity contribution < 1.29 is 19.4 Å². The first-order valence-electron chi connectivity index (χ1n) is 7.71. The minimum atomic E-state index is -0.170. The normalized spacial score (nSPS) is 11.8. The average molecular weight is 383 g/mol. The van der Waals surface area contributed by atoms with Crippen LogP contribution in [-0.4, -0.2) is 54.9 Å². The van der Waals surface area contributed by atoms with E-state index in [0.29, 0.717) is 22.8 Å². The number of carbonyl (C=O) groups is 1. The molecule has 1 unspecified atom stereocenters. The Hall–Kier alpha value is -1.77. The van der Waals surface area contributed by atoms with E-state index in [9.17, 15) is 4.79 Å². The van der Waals surface area contributed by atoms with E-state index in [4.69, 9.17) is 14.6 Å². The molecule has 136 valence electrons. The Kier molecular flexibility index (Phi) is 7.54. The highest BCUT2D eigenvalue weighted by Gasteiger charge is 2.17. The Morgan fingerprint density at radius 3 is 2.76 bits per heavy atom. The fraction of sp³-hybridized carbons (Fsp3) is 0.412. The van der Waals surface area contributed by atoms with Gasteiger partial charge in [-0.2, -0.15) is 11.8 Å². The summed E-state index contributed by atoms with van der Waals surface area (Å²) >= 11 is 2.95. The monoisotopic (exact) mass is 382 g/mol. The van der Waals surface area contributed by atoms with Crippen molar-refractivity contribution in [2.45, 2.75) is 12.5 Å². The van der Waals surface area contributed by atoms with E-state index in [1.165, 1.54) is 11.3 Å². The lowest BCUT2D eigenvalue weighted by molar-refractivity contribution is 0.0939. The topological polar surface area (TPSA) is 80.7 Å². The highest BCUT2D eigenvalue weighted by Crippen LogP contribution is 2.33. The largest absolute Gasteiger partial charge is 0.493 e. The molecule has 0 aliphatic carbocycles. The number of aliphatic hydroxyl groups excluding tert-OH is 1. The third-order valence-electron chi connectivity index (χ3n) is 3.54. The number of aliphatic hydroxyl groups is 1. The van der Waals surface area contributed by atoms with Crippen molar-refractivity contribution in [3.8, 4) is 22.1 Å². The van der Waals surface area contributed by atoms with Crippen molar-refractivity contribution in [1.29, 1.82) is 0 Å². The molecule has 0 saturated carbocycles. The third kappa shape index (κ3) is 5.10. The summed E-state index contributed by atoms with van der Waals surface area (Å²) in [7, 11) is 3.16. The van der Waals surface area contributed by atoms with Crippen LogP contribution in [0.15, 0.2) is 24.4 Å². The van der Waals surface area contributed by atoms with Gasteiger partial charge in [-0.1, -0.05) is 0 Å². The Morgan fingerprint density at radius 2 is 2.12 bits per heavy atom. The molecule has 2 N–H and O–H groups in total. The Balaban J connectivity index is 2.15. The number of nitrogens with one attached hydrogen (secondary N) is 1. The molecular formula is C17H22N2O4S2. The van der Waals surface area contributed by atoms with Gasteiger partial charge in [0.15, 0.2) is 11.5 Å². The fourth-order valence-electron chi connectivity index (χ4n) is 2.29. The van der Waals surface area contributed by atoms with E-state index >= 15 is 0 Å². The van der Waals surface area contributed by atoms with Gasteiger partial charge in [0.25, 0.3) is 5.91 Å². The molecule has 0 radical (unpaired) electrons. The molecule has 1 aromatic carbocycles. The molecule has 6 nitrogen and oxygen atoms in total. The first-order valence-corrected chi connectivity index (χ1v) is 9.92. The van der Waals surface area contributed by atoms with Crippen LogP contribution in [0.2, 0.25) is 0 Å². The highest BCUT2D eigenvalue weighted by atomic mass is 32.2. The van der Waals surface area contributed by atoms with Crippen molar-refractivity contribution in [2.24, 2.45) is 0 Å². The van der Waals surface area contributed by atoms with Crippen LogP contribution in [0.3, 0.4) is 0 Å². The molecule has 2 rings (SSSR count). The molecule has 0 spiro atoms. The second-order valence-electron chi connectivity index (χ2n) is 5.24. The molecule has 25 heavy (non-hydrogen) atoms. The maximum Gasteiger partial charge on any atom is 0.263 e. The number of thioether (sulfide) groups is 1. The molecule has 0 fully saturated rings. The molecule has 0 aliphatic heterocycles. The smallest absolute Gasteiger partial charge is 0.263 e. The maximum absolute atomic E-state index is 12.4. The van der Waals surface area contributed by atoms with Crippen LogP contribution >= 0.6 is 23.1 Å². The van der Waals surface area contributed by atoms with E-state index in [0.717, 1.165) is 16.3 Å². The zero-order valence-electron chi connectivity index (χ0n) is 14.4. The van der Waals surface area contributed by atoms with Crippen LogP contribution < -0.4 is 14.8 Å². The van der Waals surface area contributed by atoms with Crippen molar-refractivity contribution >= 4 is 29.0 Å². The van der Waals surface area contributed by atoms with Crippen molar-refractivity contribution in [3.63, 3.8) is 0 Å². The summed E-state index contributed by atoms with van der Waals surface area (Å²) in [6.07, 6.45) is 4.08. The Morgan fingerprint density at radius 1 is 1.36 bits per heavy atom. The highest BCUT2D eigenvalue weighted by molar-refractivity contribution is 7.98. The van der Waals surface area contributed by atoms with Gasteiger partial charge < -0.3 is 19.9 Å². The van der Waals surface area contributed by atoms with Gasteiger partial charge in [0.2, 0.25) is 0 Å². The van der Waals surface area contributed by atoms with E-state index in [1.54, 1.807) is 32.2 Å². The number of nitrogens with zero attached hydrogens (tertiary/aromatic N) is 1. The van der Waals surface area contributed by atoms with Crippen molar-refractivity contribution in [1.82, 2.24) is 10.3 Å². The molecule has 1 atom stereocenters. The van der Waals surface area contributed by atoms with Gasteiger partial charge in [0.1, 0.15) is 9.88 Å². The van der Waals surface area contributed by atoms with E-state index in [2.05, 4.69) is 10.3 Å². The summed E-state index contributed by atoms with van der Waals surface area (Å²) in [6, 6.07) is 5.47. The molecule has 8 heteroatoms. The van der Waals surface area contributed by atoms with Gasteiger partial charge >= 0.3 is 0 Å². The molecular weight excluding hydrogens is 360 g/mol. The SMILES string of the molecule is COc1ccc(-c2ncc(C(=O)NC(CCO)CSC)s2)cc1OC. The lowest BCUT2D eigenvalue weighted by Gasteiger charge is -2.15. The van der Waals surface area contributed by atoms with Crippen LogP contribution in [-0.2, 0) is 0 Å². The third-order valence-corrected chi connectivity index (χ3v) is 5.32. The summed E-state index contributed by atoms with van der Waals surface area (Å²) in [6.45, 7) is 0.0467. The Bertz CT molecular complexity index is 700. The van der Waals surface area contributed by atoms with E-state index in [-0.39, 0.29) is 18.6 Å². The second-order valence-corrected chi connectivity index (χ2v) is 7.18. The number of hydrogen-bond acceptors (Lipinski definition) is 7. The molecule has 2 aromatic rings. The number of hydrogen-bond donors (Lipinski definition) is 2. The number of aromatic nitrogens is 1. The Labute approximate surface area is 155 Å². The van der Waals surface area contributed by atoms with Gasteiger partial charge in [0.05, 0.1) is 20.4 Å². The minimum Gasteiger partial charge on any atom is -0.493 e. The van der Waals surface area contributed by atoms with Gasteiger partial charge in [-0.25, -0.2) is 4.98 Å². The predicted octanol–water partition coefficient (Wildman–Crippen LogP) is 2.67. The summed E-state index contributed by atoms with van der Waals surface area (Å²) < 4.78 is 10.5. The van der Waals surface area contributed by atoms with E-state index in [1.807, 2.05) is 24.5 Å². The first kappa shape index (κ1) is 19.6. The van der Waals surface area contributed by atoms with Crippen LogP contribution in [0.5, 0.6) is 11.5 Å². The number of thiazole rings is 1. The first-order chi connectivity index (χ1) is 12.1. The predicted molar refractivity (Wildman–Crippen MR) is 102 cm³/mol. The van der Waals surface area contributed by atoms with Gasteiger partial charge in [-0.15, -0.1) is 11.3 Å². The summed E-state index contributed by atoms with van der Waals surface area (Å²) in [5, 5.41) is 12.8. The lowest BCUT2D eigenvalue weighted by Crippen LogP contribution is -2.36. The van der Waals surface area contributed by atoms with Crippen LogP contribution in [0.4, 0.5) is 0 Å². The number of ether oxygens (including phenoxy) is 2. The van der Waals surface area contributed by atoms with Crippen molar-refractivity contribution in [2.75, 3.05) is 32.8 Å². The van der Waals surface area contributed by atoms with Crippen molar-refractivity contribution in [3.05, 3.63) is 29.3 Å². The van der Waals surface area contributed by atoms with Gasteiger partial charge in [-0.3, -0.25) is 4.79 Å². The van der Waals surface area contributed by atoms with Crippen LogP contribution in [0.25, 0.3) is 10.6 Å². The summed E-state index contributed by atoms with van der Waals surface area (Å²) in [5.74, 6) is 1.85. The van der Waals surface area contributed by atoms with Crippen LogP contribution in [0, 0.1) is 0 Å². The number of carbonyl (C=O) groups excluding carboxylic acids is 1. The molecule has 0 saturated heterocycles. The standard InChI is InChI=1S/C17H22N2O4S2/c1-22-13-5-4-11(8-14(13)23-2)17-18-9-15(25-17)16(21)19-12(6-7-20)10-24-3/h4-5,8-9,12,20H,6-7,10H2,1-3H3,(H,19,21). The minimum absolute atomic E-state index is 0.0467. The summed E-state index contributed by atoms with van der Waals surface area (Å²) in [4.78, 5) is 17.3. The quantitative estimate of drug-likeness (QED) is 0.694. The molecule has 0 aliphatic rings. The zero-order chi connectivity index (χ0) is 18.2. The molecule has 1 heterocycles. The summed E-state index contributed by atoms with van der Waals surface area (Å²) in [5.41, 5.74) is 0.859. The average Bonchev–Trinajstić information content (AvgIpc) is 3.11. The fourth-order valence-corrected chi connectivity index (χ4v) is 3.76. The maximum atomic E-state index is 12.4. The lowest BCUT2D eigenvalue weighted by atomic mass is 10.2. The van der Waals surface area contributed by atoms with E-state index < -0.39 is 0 Å². The van der Waals surface area contributed by atoms with Crippen LogP contribution in [0.1, 0.15) is 16.1 Å². The number of benzene rings is 1. The molecule has 1 amide bonds. The number of amides is 1. The number of methoxy groups -OCH3 is 2. The number of rotatable bonds is 9. The second kappa shape index (κ2) is 9.65.